The van der Waals surface area contributed by atoms with Crippen molar-refractivity contribution in [1.82, 2.24) is 25.1 Å². The van der Waals surface area contributed by atoms with E-state index in [9.17, 15) is 14.0 Å². The van der Waals surface area contributed by atoms with E-state index >= 15 is 0 Å². The Kier molecular flexibility index (Phi) is 8.79. The molecule has 3 N–H and O–H groups in total. The number of aryl methyl sites for hydroxylation is 1. The molecule has 6 rings (SSSR count). The lowest BCUT2D eigenvalue weighted by Crippen LogP contribution is -2.49. The molecule has 228 valence electrons. The summed E-state index contributed by atoms with van der Waals surface area (Å²) in [6.07, 6.45) is 6.43. The van der Waals surface area contributed by atoms with Gasteiger partial charge in [-0.05, 0) is 91.7 Å². The molecule has 2 amide bonds. The number of nitrogens with one attached hydrogen (secondary N) is 3. The number of halogens is 1. The summed E-state index contributed by atoms with van der Waals surface area (Å²) >= 11 is 0. The lowest BCUT2D eigenvalue weighted by atomic mass is 9.89. The van der Waals surface area contributed by atoms with Crippen molar-refractivity contribution in [3.8, 4) is 0 Å². The van der Waals surface area contributed by atoms with Crippen molar-refractivity contribution in [1.29, 1.82) is 0 Å². The zero-order valence-electron chi connectivity index (χ0n) is 25.4. The quantitative estimate of drug-likeness (QED) is 0.184. The minimum atomic E-state index is -0.256. The van der Waals surface area contributed by atoms with Gasteiger partial charge in [0.25, 0.3) is 0 Å². The summed E-state index contributed by atoms with van der Waals surface area (Å²) in [5.41, 5.74) is 6.50. The van der Waals surface area contributed by atoms with E-state index in [1.54, 1.807) is 19.1 Å². The number of carbonyl (C=O) groups is 2. The Labute approximate surface area is 257 Å². The molecule has 0 aliphatic carbocycles. The number of nitrogens with zero attached hydrogens (tertiary/aromatic N) is 2. The fourth-order valence-electron chi connectivity index (χ4n) is 6.62. The molecule has 3 heterocycles. The zero-order chi connectivity index (χ0) is 30.6. The summed E-state index contributed by atoms with van der Waals surface area (Å²) in [4.78, 5) is 36.9. The van der Waals surface area contributed by atoms with Gasteiger partial charge in [-0.15, -0.1) is 0 Å². The average Bonchev–Trinajstić information content (AvgIpc) is 3.62. The summed E-state index contributed by atoms with van der Waals surface area (Å²) in [5.74, 6) is 0.0365. The highest BCUT2D eigenvalue weighted by Crippen LogP contribution is 2.33. The summed E-state index contributed by atoms with van der Waals surface area (Å²) in [7, 11) is 0. The Morgan fingerprint density at radius 2 is 1.68 bits per heavy atom. The number of rotatable bonds is 10. The molecule has 3 aromatic carbocycles. The Bertz CT molecular complexity index is 1770. The van der Waals surface area contributed by atoms with Crippen LogP contribution in [-0.4, -0.2) is 63.8 Å². The minimum absolute atomic E-state index is 0.0225. The fraction of sp³-hybridized carbons (Fsp3) is 0.333. The van der Waals surface area contributed by atoms with Crippen LogP contribution in [0.1, 0.15) is 47.9 Å². The monoisotopic (exact) mass is 593 g/mol. The third-order valence-electron chi connectivity index (χ3n) is 9.09. The van der Waals surface area contributed by atoms with Crippen LogP contribution < -0.4 is 5.32 Å². The Morgan fingerprint density at radius 1 is 0.955 bits per heavy atom. The fourth-order valence-corrected chi connectivity index (χ4v) is 6.62. The predicted octanol–water partition coefficient (Wildman–Crippen LogP) is 6.05. The van der Waals surface area contributed by atoms with Gasteiger partial charge in [0.05, 0.1) is 12.6 Å². The number of hydrogen-bond acceptors (Lipinski definition) is 3. The molecule has 0 radical (unpaired) electrons. The van der Waals surface area contributed by atoms with Crippen LogP contribution in [0.5, 0.6) is 0 Å². The first-order valence-corrected chi connectivity index (χ1v) is 15.5. The molecule has 44 heavy (non-hydrogen) atoms. The highest BCUT2D eigenvalue weighted by Gasteiger charge is 2.26. The van der Waals surface area contributed by atoms with Gasteiger partial charge < -0.3 is 20.2 Å². The zero-order valence-corrected chi connectivity index (χ0v) is 25.4. The van der Waals surface area contributed by atoms with E-state index in [0.717, 1.165) is 70.0 Å². The number of aromatic amines is 2. The summed E-state index contributed by atoms with van der Waals surface area (Å²) in [6.45, 7) is 6.44. The number of benzene rings is 3. The van der Waals surface area contributed by atoms with E-state index in [1.165, 1.54) is 6.07 Å². The lowest BCUT2D eigenvalue weighted by Gasteiger charge is -2.32. The van der Waals surface area contributed by atoms with Crippen molar-refractivity contribution in [2.24, 2.45) is 0 Å². The predicted molar refractivity (Wildman–Crippen MR) is 173 cm³/mol. The van der Waals surface area contributed by atoms with Crippen LogP contribution in [0.25, 0.3) is 21.8 Å². The van der Waals surface area contributed by atoms with E-state index in [1.807, 2.05) is 47.6 Å². The van der Waals surface area contributed by atoms with Crippen molar-refractivity contribution in [2.75, 3.05) is 26.2 Å². The first kappa shape index (κ1) is 29.6. The molecule has 1 atom stereocenters. The first-order valence-electron chi connectivity index (χ1n) is 15.5. The van der Waals surface area contributed by atoms with Gasteiger partial charge in [-0.2, -0.15) is 0 Å². The smallest absolute Gasteiger partial charge is 0.234 e. The maximum absolute atomic E-state index is 13.9. The van der Waals surface area contributed by atoms with Crippen molar-refractivity contribution < 1.29 is 14.0 Å². The van der Waals surface area contributed by atoms with Crippen LogP contribution in [0.15, 0.2) is 79.1 Å². The number of para-hydroxylation sites is 1. The van der Waals surface area contributed by atoms with Gasteiger partial charge in [-0.1, -0.05) is 42.5 Å². The Hall–Kier alpha value is -4.43. The first-order chi connectivity index (χ1) is 21.3. The third-order valence-corrected chi connectivity index (χ3v) is 9.09. The van der Waals surface area contributed by atoms with Crippen LogP contribution >= 0.6 is 0 Å². The Morgan fingerprint density at radius 3 is 2.48 bits per heavy atom. The van der Waals surface area contributed by atoms with Gasteiger partial charge in [0, 0.05) is 54.2 Å². The summed E-state index contributed by atoms with van der Waals surface area (Å²) < 4.78 is 13.9. The number of carbonyl (C=O) groups excluding carboxylic acids is 2. The molecule has 7 nitrogen and oxygen atoms in total. The molecule has 1 fully saturated rings. The molecule has 0 saturated carbocycles. The van der Waals surface area contributed by atoms with E-state index in [2.05, 4.69) is 45.3 Å². The second-order valence-electron chi connectivity index (χ2n) is 12.1. The van der Waals surface area contributed by atoms with Gasteiger partial charge in [0.2, 0.25) is 11.8 Å². The van der Waals surface area contributed by atoms with E-state index in [0.29, 0.717) is 32.0 Å². The largest absolute Gasteiger partial charge is 0.361 e. The van der Waals surface area contributed by atoms with Crippen LogP contribution in [0.4, 0.5) is 4.39 Å². The van der Waals surface area contributed by atoms with Crippen LogP contribution in [-0.2, 0) is 22.6 Å². The molecule has 8 heteroatoms. The SMILES string of the molecule is CC(=O)N(Cc1ccccc1C)C[C@@H](Cc1c[nH]c2ccccc12)NC(=O)CN1CCC(c2c[nH]c3ccc(F)cc23)CC1. The molecule has 1 saturated heterocycles. The molecule has 1 aliphatic heterocycles. The second-order valence-corrected chi connectivity index (χ2v) is 12.1. The molecule has 0 spiro atoms. The number of fused-ring (bicyclic) bond motifs is 2. The number of H-pyrrole nitrogens is 2. The molecule has 5 aromatic rings. The highest BCUT2D eigenvalue weighted by molar-refractivity contribution is 5.84. The molecule has 1 aliphatic rings. The van der Waals surface area contributed by atoms with Crippen molar-refractivity contribution >= 4 is 33.6 Å². The van der Waals surface area contributed by atoms with Crippen LogP contribution in [0.3, 0.4) is 0 Å². The normalized spacial score (nSPS) is 15.1. The maximum Gasteiger partial charge on any atom is 0.234 e. The molecule has 2 aromatic heterocycles. The summed E-state index contributed by atoms with van der Waals surface area (Å²) in [6, 6.07) is 20.9. The maximum atomic E-state index is 13.9. The second kappa shape index (κ2) is 13.1. The molecular formula is C36H40FN5O2. The number of likely N-dealkylation sites (tertiary alicyclic amines) is 1. The number of aromatic nitrogens is 2. The number of amides is 2. The lowest BCUT2D eigenvalue weighted by molar-refractivity contribution is -0.131. The standard InChI is InChI=1S/C36H40FN5O2/c1-24-7-3-4-8-27(24)21-42(25(2)43)22-30(17-28-19-38-34-10-6-5-9-31(28)34)40-36(44)23-41-15-13-26(14-16-41)33-20-39-35-12-11-29(37)18-32(33)35/h3-12,18-20,26,30,38-39H,13-17,21-23H2,1-2H3,(H,40,44)/t30-/m1/s1. The van der Waals surface area contributed by atoms with Gasteiger partial charge in [0.1, 0.15) is 5.82 Å². The molecular weight excluding hydrogens is 553 g/mol. The van der Waals surface area contributed by atoms with E-state index in [4.69, 9.17) is 0 Å². The topological polar surface area (TPSA) is 84.2 Å². The minimum Gasteiger partial charge on any atom is -0.361 e. The van der Waals surface area contributed by atoms with Crippen molar-refractivity contribution in [2.45, 2.75) is 51.6 Å². The van der Waals surface area contributed by atoms with Crippen LogP contribution in [0.2, 0.25) is 0 Å². The van der Waals surface area contributed by atoms with Gasteiger partial charge >= 0.3 is 0 Å². The number of piperidine rings is 1. The molecule has 0 unspecified atom stereocenters. The third kappa shape index (κ3) is 6.70. The van der Waals surface area contributed by atoms with Gasteiger partial charge in [-0.25, -0.2) is 4.39 Å². The van der Waals surface area contributed by atoms with Gasteiger partial charge in [0.15, 0.2) is 0 Å². The molecule has 0 bridgehead atoms. The van der Waals surface area contributed by atoms with Crippen molar-refractivity contribution in [3.05, 3.63) is 107 Å². The van der Waals surface area contributed by atoms with E-state index in [-0.39, 0.29) is 23.7 Å². The number of hydrogen-bond donors (Lipinski definition) is 3. The van der Waals surface area contributed by atoms with Crippen LogP contribution in [0, 0.1) is 12.7 Å². The van der Waals surface area contributed by atoms with E-state index < -0.39 is 0 Å². The van der Waals surface area contributed by atoms with Gasteiger partial charge in [-0.3, -0.25) is 14.5 Å². The Balaban J connectivity index is 1.13. The van der Waals surface area contributed by atoms with Crippen molar-refractivity contribution in [3.63, 3.8) is 0 Å². The summed E-state index contributed by atoms with van der Waals surface area (Å²) in [5, 5.41) is 5.36. The highest BCUT2D eigenvalue weighted by atomic mass is 19.1. The average molecular weight is 594 g/mol.